The van der Waals surface area contributed by atoms with Crippen LogP contribution in [-0.4, -0.2) is 27.5 Å². The molecule has 0 spiro atoms. The van der Waals surface area contributed by atoms with Gasteiger partial charge in [0.2, 0.25) is 0 Å². The number of hydrogen-bond donors (Lipinski definition) is 0. The fraction of sp³-hybridized carbons (Fsp3) is 0.429. The maximum atomic E-state index is 5.83. The maximum absolute atomic E-state index is 5.83. The Kier molecular flexibility index (Phi) is 6.83. The zero-order valence-electron chi connectivity index (χ0n) is 11.6. The third-order valence-electron chi connectivity index (χ3n) is 2.53. The molecule has 0 bridgehead atoms. The van der Waals surface area contributed by atoms with Gasteiger partial charge in [-0.25, -0.2) is 4.40 Å². The van der Waals surface area contributed by atoms with Crippen LogP contribution in [0, 0.1) is 0 Å². The molecule has 19 heavy (non-hydrogen) atoms. The molecule has 1 aromatic rings. The van der Waals surface area contributed by atoms with Crippen molar-refractivity contribution in [2.45, 2.75) is 39.8 Å². The van der Waals surface area contributed by atoms with Gasteiger partial charge in [-0.1, -0.05) is 36.0 Å². The molecule has 104 valence electrons. The summed E-state index contributed by atoms with van der Waals surface area (Å²) >= 11 is 12.6. The second-order valence-electron chi connectivity index (χ2n) is 4.74. The second kappa shape index (κ2) is 7.88. The molecular formula is C14H19ClN2S2. The highest BCUT2D eigenvalue weighted by Gasteiger charge is 2.16. The van der Waals surface area contributed by atoms with E-state index < -0.39 is 0 Å². The van der Waals surface area contributed by atoms with Crippen LogP contribution in [-0.2, 0) is 0 Å². The molecule has 2 nitrogen and oxygen atoms in total. The van der Waals surface area contributed by atoms with E-state index in [9.17, 15) is 0 Å². The van der Waals surface area contributed by atoms with E-state index in [0.717, 1.165) is 14.9 Å². The van der Waals surface area contributed by atoms with E-state index in [1.807, 2.05) is 24.3 Å². The summed E-state index contributed by atoms with van der Waals surface area (Å²) in [6, 6.07) is 8.31. The summed E-state index contributed by atoms with van der Waals surface area (Å²) in [7, 11) is 0. The second-order valence-corrected chi connectivity index (χ2v) is 6.60. The summed E-state index contributed by atoms with van der Waals surface area (Å²) in [5, 5.41) is 0.728. The molecule has 0 saturated heterocycles. The van der Waals surface area contributed by atoms with Crippen molar-refractivity contribution in [2.24, 2.45) is 4.40 Å². The average Bonchev–Trinajstić information content (AvgIpc) is 2.30. The van der Waals surface area contributed by atoms with Crippen LogP contribution < -0.4 is 0 Å². The van der Waals surface area contributed by atoms with E-state index in [-0.39, 0.29) is 0 Å². The van der Waals surface area contributed by atoms with Gasteiger partial charge in [-0.05, 0) is 45.4 Å². The molecule has 0 atom stereocenters. The van der Waals surface area contributed by atoms with Crippen LogP contribution in [0.25, 0.3) is 0 Å². The lowest BCUT2D eigenvalue weighted by Crippen LogP contribution is -2.39. The number of rotatable bonds is 4. The first-order valence-corrected chi connectivity index (χ1v) is 7.76. The number of benzene rings is 1. The van der Waals surface area contributed by atoms with E-state index in [1.54, 1.807) is 6.21 Å². The molecule has 1 rings (SSSR count). The van der Waals surface area contributed by atoms with Crippen LogP contribution in [0.4, 0.5) is 0 Å². The largest absolute Gasteiger partial charge is 0.351 e. The highest BCUT2D eigenvalue weighted by Crippen LogP contribution is 2.17. The molecule has 0 fully saturated rings. The van der Waals surface area contributed by atoms with Gasteiger partial charge in [0.1, 0.15) is 0 Å². The van der Waals surface area contributed by atoms with Crippen LogP contribution in [0.5, 0.6) is 0 Å². The topological polar surface area (TPSA) is 15.6 Å². The van der Waals surface area contributed by atoms with E-state index in [1.165, 1.54) is 11.9 Å². The molecule has 0 aromatic heterocycles. The van der Waals surface area contributed by atoms with E-state index in [0.29, 0.717) is 12.1 Å². The summed E-state index contributed by atoms with van der Waals surface area (Å²) in [6.07, 6.45) is 1.80. The molecule has 0 aliphatic carbocycles. The Bertz CT molecular complexity index is 433. The van der Waals surface area contributed by atoms with Crippen LogP contribution in [0.3, 0.4) is 0 Å². The number of thiocarbonyl (C=S) groups is 1. The molecule has 0 heterocycles. The first kappa shape index (κ1) is 16.5. The lowest BCUT2D eigenvalue weighted by Gasteiger charge is -2.31. The van der Waals surface area contributed by atoms with Crippen molar-refractivity contribution >= 4 is 46.3 Å². The van der Waals surface area contributed by atoms with E-state index in [4.69, 9.17) is 23.8 Å². The van der Waals surface area contributed by atoms with Crippen LogP contribution in [0.2, 0.25) is 5.02 Å². The normalized spacial score (nSPS) is 11.5. The predicted octanol–water partition coefficient (Wildman–Crippen LogP) is 4.81. The molecule has 0 saturated carbocycles. The van der Waals surface area contributed by atoms with Gasteiger partial charge in [0.05, 0.1) is 0 Å². The molecule has 0 aliphatic heterocycles. The van der Waals surface area contributed by atoms with Gasteiger partial charge in [0.25, 0.3) is 0 Å². The van der Waals surface area contributed by atoms with Crippen molar-refractivity contribution in [2.75, 3.05) is 0 Å². The zero-order chi connectivity index (χ0) is 14.4. The van der Waals surface area contributed by atoms with E-state index in [2.05, 4.69) is 37.0 Å². The molecule has 0 aliphatic rings. The highest BCUT2D eigenvalue weighted by atomic mass is 35.5. The fourth-order valence-corrected chi connectivity index (χ4v) is 3.20. The third kappa shape index (κ3) is 5.51. The summed E-state index contributed by atoms with van der Waals surface area (Å²) < 4.78 is 5.12. The molecule has 0 radical (unpaired) electrons. The molecule has 0 unspecified atom stereocenters. The minimum atomic E-state index is 0.380. The number of hydrogen-bond acceptors (Lipinski definition) is 3. The zero-order valence-corrected chi connectivity index (χ0v) is 14.0. The minimum Gasteiger partial charge on any atom is -0.351 e. The van der Waals surface area contributed by atoms with Gasteiger partial charge in [-0.3, -0.25) is 0 Å². The van der Waals surface area contributed by atoms with Crippen LogP contribution in [0.15, 0.2) is 28.7 Å². The van der Waals surface area contributed by atoms with Gasteiger partial charge >= 0.3 is 0 Å². The molecule has 1 aromatic carbocycles. The van der Waals surface area contributed by atoms with Gasteiger partial charge in [0.15, 0.2) is 4.32 Å². The van der Waals surface area contributed by atoms with Gasteiger partial charge in [0, 0.05) is 35.3 Å². The van der Waals surface area contributed by atoms with Gasteiger partial charge in [-0.2, -0.15) is 0 Å². The summed E-state index contributed by atoms with van der Waals surface area (Å²) in [5.41, 5.74) is 1.01. The number of halogens is 1. The van der Waals surface area contributed by atoms with Crippen molar-refractivity contribution in [1.82, 2.24) is 4.90 Å². The monoisotopic (exact) mass is 314 g/mol. The van der Waals surface area contributed by atoms with Crippen molar-refractivity contribution in [1.29, 1.82) is 0 Å². The smallest absolute Gasteiger partial charge is 0.159 e. The summed E-state index contributed by atoms with van der Waals surface area (Å²) in [5.74, 6) is 0. The molecular weight excluding hydrogens is 296 g/mol. The van der Waals surface area contributed by atoms with Gasteiger partial charge < -0.3 is 4.90 Å². The number of nitrogens with zero attached hydrogens (tertiary/aromatic N) is 2. The average molecular weight is 315 g/mol. The quantitative estimate of drug-likeness (QED) is 0.450. The Balaban J connectivity index is 2.60. The summed E-state index contributed by atoms with van der Waals surface area (Å²) in [4.78, 5) is 2.18. The third-order valence-corrected chi connectivity index (χ3v) is 3.79. The lowest BCUT2D eigenvalue weighted by atomic mass is 10.2. The van der Waals surface area contributed by atoms with Crippen molar-refractivity contribution in [3.05, 3.63) is 34.9 Å². The predicted molar refractivity (Wildman–Crippen MR) is 91.3 cm³/mol. The Labute approximate surface area is 130 Å². The first-order chi connectivity index (χ1) is 8.91. The molecule has 0 amide bonds. The van der Waals surface area contributed by atoms with E-state index >= 15 is 0 Å². The van der Waals surface area contributed by atoms with Crippen molar-refractivity contribution in [3.63, 3.8) is 0 Å². The fourth-order valence-electron chi connectivity index (χ4n) is 1.75. The van der Waals surface area contributed by atoms with Crippen molar-refractivity contribution < 1.29 is 0 Å². The van der Waals surface area contributed by atoms with Crippen LogP contribution >= 0.6 is 35.8 Å². The lowest BCUT2D eigenvalue weighted by molar-refractivity contribution is 0.303. The standard InChI is InChI=1S/C14H19ClN2S2/c1-10(2)17(11(3)4)14(18)19-16-9-12-5-7-13(15)8-6-12/h5-11H,1-4H3/b16-9+. The SMILES string of the molecule is CC(C)N(C(=S)S/N=C/c1ccc(Cl)cc1)C(C)C. The maximum Gasteiger partial charge on any atom is 0.159 e. The minimum absolute atomic E-state index is 0.380. The van der Waals surface area contributed by atoms with Gasteiger partial charge in [-0.15, -0.1) is 0 Å². The van der Waals surface area contributed by atoms with Crippen LogP contribution in [0.1, 0.15) is 33.3 Å². The molecule has 0 N–H and O–H groups in total. The summed E-state index contributed by atoms with van der Waals surface area (Å²) in [6.45, 7) is 8.54. The highest BCUT2D eigenvalue weighted by molar-refractivity contribution is 8.22. The first-order valence-electron chi connectivity index (χ1n) is 6.20. The van der Waals surface area contributed by atoms with Crippen molar-refractivity contribution in [3.8, 4) is 0 Å². The Morgan fingerprint density at radius 1 is 1.21 bits per heavy atom. The Hall–Kier alpha value is -0.580. The molecule has 5 heteroatoms. The Morgan fingerprint density at radius 3 is 2.21 bits per heavy atom. The Morgan fingerprint density at radius 2 is 1.74 bits per heavy atom.